The topological polar surface area (TPSA) is 133 Å². The minimum atomic E-state index is -3.89. The van der Waals surface area contributed by atoms with Crippen LogP contribution in [0.2, 0.25) is 0 Å². The third-order valence-electron chi connectivity index (χ3n) is 3.42. The van der Waals surface area contributed by atoms with Crippen molar-refractivity contribution in [2.24, 2.45) is 10.9 Å². The van der Waals surface area contributed by atoms with E-state index in [2.05, 4.69) is 0 Å². The molecule has 0 aromatic heterocycles. The molecule has 0 unspecified atom stereocenters. The third kappa shape index (κ3) is 4.88. The average molecular weight is 377 g/mol. The Morgan fingerprint density at radius 2 is 1.65 bits per heavy atom. The smallest absolute Gasteiger partial charge is 0.421 e. The van der Waals surface area contributed by atoms with Crippen molar-refractivity contribution < 1.29 is 22.7 Å². The van der Waals surface area contributed by atoms with E-state index in [9.17, 15) is 18.0 Å². The number of hydrogen-bond acceptors (Lipinski definition) is 6. The van der Waals surface area contributed by atoms with Gasteiger partial charge >= 0.3 is 6.09 Å². The first kappa shape index (κ1) is 19.6. The lowest BCUT2D eigenvalue weighted by molar-refractivity contribution is -0.119. The molecule has 0 heterocycles. The lowest BCUT2D eigenvalue weighted by Gasteiger charge is -2.22. The largest absolute Gasteiger partial charge is 0.444 e. The number of carbonyl (C=O) groups is 2. The fraction of sp³-hybridized carbons (Fsp3) is 0.176. The van der Waals surface area contributed by atoms with Gasteiger partial charge in [0.15, 0.2) is 0 Å². The highest BCUT2D eigenvalue weighted by Gasteiger charge is 2.27. The lowest BCUT2D eigenvalue weighted by atomic mass is 10.2. The second kappa shape index (κ2) is 8.09. The van der Waals surface area contributed by atoms with Gasteiger partial charge in [0.2, 0.25) is 10.0 Å². The number of ether oxygens (including phenoxy) is 1. The zero-order chi connectivity index (χ0) is 19.3. The van der Waals surface area contributed by atoms with Crippen molar-refractivity contribution in [2.45, 2.75) is 24.5 Å². The van der Waals surface area contributed by atoms with Gasteiger partial charge in [-0.1, -0.05) is 30.3 Å². The predicted molar refractivity (Wildman–Crippen MR) is 95.6 cm³/mol. The molecule has 1 atom stereocenters. The van der Waals surface area contributed by atoms with Crippen molar-refractivity contribution in [3.8, 4) is 0 Å². The van der Waals surface area contributed by atoms with E-state index in [0.29, 0.717) is 0 Å². The van der Waals surface area contributed by atoms with Crippen LogP contribution in [-0.2, 0) is 26.2 Å². The van der Waals surface area contributed by atoms with Crippen molar-refractivity contribution in [2.75, 3.05) is 4.90 Å². The van der Waals surface area contributed by atoms with E-state index in [0.717, 1.165) is 10.5 Å². The highest BCUT2D eigenvalue weighted by molar-refractivity contribution is 7.89. The Hall–Kier alpha value is -2.75. The number of imide groups is 1. The molecule has 2 amide bonds. The maximum absolute atomic E-state index is 12.4. The van der Waals surface area contributed by atoms with Crippen LogP contribution in [0.1, 0.15) is 12.5 Å². The molecule has 0 aliphatic heterocycles. The van der Waals surface area contributed by atoms with Crippen LogP contribution in [0.3, 0.4) is 0 Å². The molecule has 4 N–H and O–H groups in total. The van der Waals surface area contributed by atoms with Crippen LogP contribution in [0.15, 0.2) is 59.5 Å². The minimum absolute atomic E-state index is 0.0301. The standard InChI is InChI=1S/C17H19N3O5S/c1-12(18)16(21)20(14-7-9-15(10-8-14)26(19,23)24)17(22)25-11-13-5-3-2-4-6-13/h2-10,12H,11,18H2,1H3,(H2,19,23,24)/t12-/m0/s1. The summed E-state index contributed by atoms with van der Waals surface area (Å²) in [5.41, 5.74) is 6.48. The van der Waals surface area contributed by atoms with Crippen LogP contribution in [0.4, 0.5) is 10.5 Å². The molecule has 0 aliphatic carbocycles. The highest BCUT2D eigenvalue weighted by atomic mass is 32.2. The average Bonchev–Trinajstić information content (AvgIpc) is 2.60. The molecule has 2 rings (SSSR count). The van der Waals surface area contributed by atoms with Crippen molar-refractivity contribution in [3.05, 3.63) is 60.2 Å². The van der Waals surface area contributed by atoms with E-state index in [-0.39, 0.29) is 17.2 Å². The normalized spacial score (nSPS) is 12.3. The van der Waals surface area contributed by atoms with Gasteiger partial charge in [-0.3, -0.25) is 4.79 Å². The number of nitrogens with two attached hydrogens (primary N) is 2. The van der Waals surface area contributed by atoms with Crippen LogP contribution >= 0.6 is 0 Å². The van der Waals surface area contributed by atoms with Gasteiger partial charge in [-0.25, -0.2) is 23.3 Å². The number of carbonyl (C=O) groups excluding carboxylic acids is 2. The van der Waals surface area contributed by atoms with Crippen LogP contribution in [0, 0.1) is 0 Å². The first-order chi connectivity index (χ1) is 12.2. The van der Waals surface area contributed by atoms with Crippen molar-refractivity contribution in [3.63, 3.8) is 0 Å². The summed E-state index contributed by atoms with van der Waals surface area (Å²) < 4.78 is 27.9. The van der Waals surface area contributed by atoms with Gasteiger partial charge in [0.25, 0.3) is 5.91 Å². The van der Waals surface area contributed by atoms with Gasteiger partial charge in [-0.2, -0.15) is 0 Å². The molecule has 0 fully saturated rings. The molecule has 0 saturated carbocycles. The summed E-state index contributed by atoms with van der Waals surface area (Å²) in [4.78, 5) is 25.4. The van der Waals surface area contributed by atoms with Gasteiger partial charge < -0.3 is 10.5 Å². The Morgan fingerprint density at radius 3 is 2.15 bits per heavy atom. The molecule has 2 aromatic rings. The molecule has 0 saturated heterocycles. The summed E-state index contributed by atoms with van der Waals surface area (Å²) in [6.45, 7) is 1.40. The van der Waals surface area contributed by atoms with Crippen molar-refractivity contribution in [1.82, 2.24) is 0 Å². The Balaban J connectivity index is 2.25. The molecule has 26 heavy (non-hydrogen) atoms. The molecule has 138 valence electrons. The lowest BCUT2D eigenvalue weighted by Crippen LogP contribution is -2.46. The molecule has 8 nitrogen and oxygen atoms in total. The quantitative estimate of drug-likeness (QED) is 0.808. The maximum Gasteiger partial charge on any atom is 0.421 e. The van der Waals surface area contributed by atoms with Gasteiger partial charge in [0, 0.05) is 0 Å². The summed E-state index contributed by atoms with van der Waals surface area (Å²) in [6.07, 6.45) is -0.917. The SMILES string of the molecule is C[C@H](N)C(=O)N(C(=O)OCc1ccccc1)c1ccc(S(N)(=O)=O)cc1. The number of sulfonamides is 1. The van der Waals surface area contributed by atoms with Crippen LogP contribution < -0.4 is 15.8 Å². The van der Waals surface area contributed by atoms with Crippen molar-refractivity contribution in [1.29, 1.82) is 0 Å². The molecule has 2 aromatic carbocycles. The van der Waals surface area contributed by atoms with Crippen LogP contribution in [0.5, 0.6) is 0 Å². The molecule has 0 radical (unpaired) electrons. The number of benzene rings is 2. The third-order valence-corrected chi connectivity index (χ3v) is 4.35. The number of rotatable bonds is 5. The highest BCUT2D eigenvalue weighted by Crippen LogP contribution is 2.20. The summed E-state index contributed by atoms with van der Waals surface area (Å²) in [6, 6.07) is 12.9. The molecule has 0 bridgehead atoms. The zero-order valence-corrected chi connectivity index (χ0v) is 14.8. The molecular weight excluding hydrogens is 358 g/mol. The summed E-state index contributed by atoms with van der Waals surface area (Å²) in [5.74, 6) is -0.689. The number of anilines is 1. The van der Waals surface area contributed by atoms with E-state index < -0.39 is 28.1 Å². The molecule has 0 aliphatic rings. The van der Waals surface area contributed by atoms with E-state index in [1.54, 1.807) is 24.3 Å². The Kier molecular flexibility index (Phi) is 6.09. The van der Waals surface area contributed by atoms with E-state index in [4.69, 9.17) is 15.6 Å². The zero-order valence-electron chi connectivity index (χ0n) is 14.0. The number of amides is 2. The van der Waals surface area contributed by atoms with Crippen LogP contribution in [-0.4, -0.2) is 26.5 Å². The second-order valence-corrected chi connectivity index (χ2v) is 7.10. The van der Waals surface area contributed by atoms with E-state index >= 15 is 0 Å². The van der Waals surface area contributed by atoms with Gasteiger partial charge in [-0.05, 0) is 36.8 Å². The van der Waals surface area contributed by atoms with Crippen LogP contribution in [0.25, 0.3) is 0 Å². The predicted octanol–water partition coefficient (Wildman–Crippen LogP) is 1.35. The van der Waals surface area contributed by atoms with Gasteiger partial charge in [0.1, 0.15) is 6.61 Å². The Bertz CT molecular complexity index is 880. The molecule has 0 spiro atoms. The summed E-state index contributed by atoms with van der Waals surface area (Å²) in [5, 5.41) is 5.04. The Morgan fingerprint density at radius 1 is 1.08 bits per heavy atom. The minimum Gasteiger partial charge on any atom is -0.444 e. The summed E-state index contributed by atoms with van der Waals surface area (Å²) >= 11 is 0. The number of nitrogens with zero attached hydrogens (tertiary/aromatic N) is 1. The molecule has 9 heteroatoms. The first-order valence-electron chi connectivity index (χ1n) is 7.63. The van der Waals surface area contributed by atoms with E-state index in [1.807, 2.05) is 6.07 Å². The fourth-order valence-corrected chi connectivity index (χ4v) is 2.61. The van der Waals surface area contributed by atoms with Crippen molar-refractivity contribution >= 4 is 27.7 Å². The fourth-order valence-electron chi connectivity index (χ4n) is 2.10. The number of primary sulfonamides is 1. The van der Waals surface area contributed by atoms with Gasteiger partial charge in [0.05, 0.1) is 16.6 Å². The van der Waals surface area contributed by atoms with E-state index in [1.165, 1.54) is 31.2 Å². The first-order valence-corrected chi connectivity index (χ1v) is 9.18. The maximum atomic E-state index is 12.4. The molecular formula is C17H19N3O5S. The second-order valence-electron chi connectivity index (χ2n) is 5.54. The Labute approximate surface area is 151 Å². The van der Waals surface area contributed by atoms with Gasteiger partial charge in [-0.15, -0.1) is 0 Å². The number of hydrogen-bond donors (Lipinski definition) is 2. The summed E-state index contributed by atoms with van der Waals surface area (Å²) in [7, 11) is -3.89. The monoisotopic (exact) mass is 377 g/mol.